The molecule has 22 heavy (non-hydrogen) atoms. The first-order valence-corrected chi connectivity index (χ1v) is 8.50. The smallest absolute Gasteiger partial charge is 0.250 e. The van der Waals surface area contributed by atoms with Crippen molar-refractivity contribution in [2.45, 2.75) is 20.0 Å². The van der Waals surface area contributed by atoms with Crippen LogP contribution in [0.1, 0.15) is 35.9 Å². The molecule has 1 aromatic carbocycles. The van der Waals surface area contributed by atoms with Gasteiger partial charge in [0.15, 0.2) is 0 Å². The highest BCUT2D eigenvalue weighted by Crippen LogP contribution is 2.38. The number of alkyl halides is 1. The van der Waals surface area contributed by atoms with E-state index in [1.807, 2.05) is 4.90 Å². The lowest BCUT2D eigenvalue weighted by Gasteiger charge is -2.31. The second kappa shape index (κ2) is 7.41. The summed E-state index contributed by atoms with van der Waals surface area (Å²) in [6.45, 7) is 7.68. The largest absolute Gasteiger partial charge is 0.366 e. The maximum Gasteiger partial charge on any atom is 0.250 e. The monoisotopic (exact) mass is 417 g/mol. The van der Waals surface area contributed by atoms with E-state index in [0.717, 1.165) is 23.2 Å². The second-order valence-electron chi connectivity index (χ2n) is 5.22. The van der Waals surface area contributed by atoms with E-state index in [-0.39, 0.29) is 0 Å². The summed E-state index contributed by atoms with van der Waals surface area (Å²) in [7, 11) is 0. The van der Waals surface area contributed by atoms with Crippen molar-refractivity contribution in [2.24, 2.45) is 5.73 Å². The van der Waals surface area contributed by atoms with Crippen molar-refractivity contribution in [1.29, 1.82) is 0 Å². The van der Waals surface area contributed by atoms with Gasteiger partial charge in [0.25, 0.3) is 5.91 Å². The summed E-state index contributed by atoms with van der Waals surface area (Å²) in [6.07, 6.45) is 2.04. The molecule has 4 nitrogen and oxygen atoms in total. The van der Waals surface area contributed by atoms with Gasteiger partial charge in [0.1, 0.15) is 6.17 Å². The number of hydrogen-bond acceptors (Lipinski definition) is 3. The number of nitrogens with zero attached hydrogens (tertiary/aromatic N) is 2. The van der Waals surface area contributed by atoms with Crippen LogP contribution in [0.2, 0.25) is 0 Å². The number of carbonyl (C=O) groups excluding carboxylic acids is 1. The summed E-state index contributed by atoms with van der Waals surface area (Å²) >= 11 is 2.08. The zero-order chi connectivity index (χ0) is 16.3. The minimum atomic E-state index is -1.20. The molecular formula is C16H21FIN3O. The molecule has 0 saturated heterocycles. The van der Waals surface area contributed by atoms with Gasteiger partial charge in [-0.3, -0.25) is 4.79 Å². The molecule has 1 heterocycles. The summed E-state index contributed by atoms with van der Waals surface area (Å²) in [5, 5.41) is 0. The summed E-state index contributed by atoms with van der Waals surface area (Å²) in [5.74, 6) is -0.523. The van der Waals surface area contributed by atoms with E-state index >= 15 is 0 Å². The Bertz CT molecular complexity index is 587. The van der Waals surface area contributed by atoms with Crippen molar-refractivity contribution < 1.29 is 9.18 Å². The minimum absolute atomic E-state index is 0.383. The van der Waals surface area contributed by atoms with Crippen LogP contribution in [-0.2, 0) is 0 Å². The molecule has 1 aliphatic rings. The molecule has 0 aromatic heterocycles. The molecule has 0 fully saturated rings. The van der Waals surface area contributed by atoms with Gasteiger partial charge in [-0.25, -0.2) is 4.39 Å². The molecule has 1 amide bonds. The van der Waals surface area contributed by atoms with Crippen LogP contribution in [0.4, 0.5) is 10.1 Å². The molecule has 1 atom stereocenters. The number of primary amides is 1. The van der Waals surface area contributed by atoms with Crippen LogP contribution < -0.4 is 10.6 Å². The van der Waals surface area contributed by atoms with E-state index in [9.17, 15) is 9.18 Å². The zero-order valence-electron chi connectivity index (χ0n) is 12.9. The number of allylic oxidation sites excluding steroid dienone is 1. The first-order chi connectivity index (χ1) is 10.5. The van der Waals surface area contributed by atoms with E-state index in [1.165, 1.54) is 6.08 Å². The van der Waals surface area contributed by atoms with Gasteiger partial charge in [0, 0.05) is 28.4 Å². The average molecular weight is 417 g/mol. The predicted molar refractivity (Wildman–Crippen MR) is 95.8 cm³/mol. The maximum atomic E-state index is 14.2. The highest BCUT2D eigenvalue weighted by Gasteiger charge is 2.26. The predicted octanol–water partition coefficient (Wildman–Crippen LogP) is 3.08. The number of nitrogens with two attached hydrogens (primary N) is 1. The van der Waals surface area contributed by atoms with Crippen molar-refractivity contribution in [2.75, 3.05) is 31.1 Å². The molecule has 2 rings (SSSR count). The quantitative estimate of drug-likeness (QED) is 0.724. The van der Waals surface area contributed by atoms with Crippen molar-refractivity contribution >= 4 is 34.2 Å². The van der Waals surface area contributed by atoms with Gasteiger partial charge < -0.3 is 15.5 Å². The maximum absolute atomic E-state index is 14.2. The number of hydrogen-bond donors (Lipinski definition) is 1. The number of likely N-dealkylation sites (N-methyl/N-ethyl adjacent to an activating group) is 1. The van der Waals surface area contributed by atoms with Crippen LogP contribution in [0.25, 0.3) is 0 Å². The van der Waals surface area contributed by atoms with E-state index in [2.05, 4.69) is 41.3 Å². The number of benzene rings is 1. The van der Waals surface area contributed by atoms with Gasteiger partial charge in [0.2, 0.25) is 0 Å². The van der Waals surface area contributed by atoms with Gasteiger partial charge in [-0.1, -0.05) is 13.8 Å². The first-order valence-electron chi connectivity index (χ1n) is 7.42. The fourth-order valence-electron chi connectivity index (χ4n) is 2.67. The molecule has 120 valence electrons. The third-order valence-corrected chi connectivity index (χ3v) is 4.56. The van der Waals surface area contributed by atoms with Crippen LogP contribution in [-0.4, -0.2) is 37.0 Å². The van der Waals surface area contributed by atoms with E-state index in [0.29, 0.717) is 23.4 Å². The molecule has 1 unspecified atom stereocenters. The third-order valence-electron chi connectivity index (χ3n) is 3.94. The first kappa shape index (κ1) is 17.2. The standard InChI is InChI=1S/C16H21FIN3O/c1-3-20(4-2)7-8-21-6-5-14(17)12-9-11(18)10-13(15(12)21)16(19)22/h5-6,9-10,14H,3-4,7-8H2,1-2H3,(H2,19,22). The lowest BCUT2D eigenvalue weighted by Crippen LogP contribution is -2.35. The fraction of sp³-hybridized carbons (Fsp3) is 0.438. The normalized spacial score (nSPS) is 17.0. The lowest BCUT2D eigenvalue weighted by atomic mass is 9.99. The highest BCUT2D eigenvalue weighted by molar-refractivity contribution is 14.1. The van der Waals surface area contributed by atoms with Gasteiger partial charge >= 0.3 is 0 Å². The van der Waals surface area contributed by atoms with E-state index < -0.39 is 12.1 Å². The molecule has 1 aromatic rings. The molecule has 2 N–H and O–H groups in total. The SMILES string of the molecule is CCN(CC)CCN1C=CC(F)c2cc(I)cc(C(N)=O)c21. The van der Waals surface area contributed by atoms with E-state index in [1.54, 1.807) is 18.3 Å². The van der Waals surface area contributed by atoms with E-state index in [4.69, 9.17) is 5.73 Å². The molecule has 6 heteroatoms. The van der Waals surface area contributed by atoms with Crippen molar-refractivity contribution in [1.82, 2.24) is 4.90 Å². The molecule has 0 saturated carbocycles. The number of amides is 1. The van der Waals surface area contributed by atoms with Gasteiger partial charge in [-0.05, 0) is 53.9 Å². The van der Waals surface area contributed by atoms with Crippen LogP contribution in [0, 0.1) is 3.57 Å². The zero-order valence-corrected chi connectivity index (χ0v) is 15.0. The molecule has 0 spiro atoms. The van der Waals surface area contributed by atoms with Gasteiger partial charge in [-0.15, -0.1) is 0 Å². The molecule has 0 aliphatic carbocycles. The van der Waals surface area contributed by atoms with Crippen LogP contribution in [0.5, 0.6) is 0 Å². The van der Waals surface area contributed by atoms with Crippen molar-refractivity contribution in [3.05, 3.63) is 39.1 Å². The summed E-state index contributed by atoms with van der Waals surface area (Å²) in [6, 6.07) is 3.50. The lowest BCUT2D eigenvalue weighted by molar-refractivity contribution is 0.100. The summed E-state index contributed by atoms with van der Waals surface area (Å²) < 4.78 is 15.0. The Hall–Kier alpha value is -1.15. The van der Waals surface area contributed by atoms with Crippen molar-refractivity contribution in [3.63, 3.8) is 0 Å². The number of halogens is 2. The van der Waals surface area contributed by atoms with Gasteiger partial charge in [0.05, 0.1) is 11.3 Å². The highest BCUT2D eigenvalue weighted by atomic mass is 127. The number of rotatable bonds is 6. The molecule has 1 aliphatic heterocycles. The Morgan fingerprint density at radius 3 is 2.68 bits per heavy atom. The Morgan fingerprint density at radius 1 is 1.41 bits per heavy atom. The topological polar surface area (TPSA) is 49.6 Å². The minimum Gasteiger partial charge on any atom is -0.366 e. The number of anilines is 1. The summed E-state index contributed by atoms with van der Waals surface area (Å²) in [5.41, 5.74) is 7.00. The fourth-order valence-corrected chi connectivity index (χ4v) is 3.32. The Morgan fingerprint density at radius 2 is 2.09 bits per heavy atom. The Labute approximate surface area is 144 Å². The van der Waals surface area contributed by atoms with Crippen LogP contribution >= 0.6 is 22.6 Å². The molecule has 0 radical (unpaired) electrons. The van der Waals surface area contributed by atoms with Crippen LogP contribution in [0.15, 0.2) is 24.4 Å². The third kappa shape index (κ3) is 3.60. The van der Waals surface area contributed by atoms with Crippen LogP contribution in [0.3, 0.4) is 0 Å². The van der Waals surface area contributed by atoms with Gasteiger partial charge in [-0.2, -0.15) is 0 Å². The molecular weight excluding hydrogens is 396 g/mol. The Kier molecular flexibility index (Phi) is 5.80. The Balaban J connectivity index is 2.36. The number of fused-ring (bicyclic) bond motifs is 1. The summed E-state index contributed by atoms with van der Waals surface area (Å²) in [4.78, 5) is 16.0. The average Bonchev–Trinajstić information content (AvgIpc) is 2.49. The number of carbonyl (C=O) groups is 1. The molecule has 0 bridgehead atoms. The second-order valence-corrected chi connectivity index (χ2v) is 6.46. The van der Waals surface area contributed by atoms with Crippen molar-refractivity contribution in [3.8, 4) is 0 Å².